The van der Waals surface area contributed by atoms with Gasteiger partial charge in [0.1, 0.15) is 0 Å². The predicted octanol–water partition coefficient (Wildman–Crippen LogP) is -0.202. The summed E-state index contributed by atoms with van der Waals surface area (Å²) in [5.41, 5.74) is 5.34. The van der Waals surface area contributed by atoms with Crippen LogP contribution in [0.15, 0.2) is 0 Å². The molecule has 1 aliphatic rings. The monoisotopic (exact) mass is 136 g/mol. The van der Waals surface area contributed by atoms with E-state index in [9.17, 15) is 8.78 Å². The normalized spacial score (nSPS) is 36.0. The molecule has 1 saturated heterocycles. The van der Waals surface area contributed by atoms with Gasteiger partial charge in [0.15, 0.2) is 0 Å². The van der Waals surface area contributed by atoms with Crippen molar-refractivity contribution in [3.63, 3.8) is 0 Å². The molecule has 0 aliphatic carbocycles. The van der Waals surface area contributed by atoms with Crippen LogP contribution in [0.5, 0.6) is 0 Å². The maximum atomic E-state index is 11.9. The van der Waals surface area contributed by atoms with Crippen LogP contribution in [0.1, 0.15) is 0 Å². The molecule has 2 nitrogen and oxygen atoms in total. The summed E-state index contributed by atoms with van der Waals surface area (Å²) in [6.45, 7) is 0.883. The Morgan fingerprint density at radius 1 is 1.44 bits per heavy atom. The lowest BCUT2D eigenvalue weighted by Gasteiger charge is -2.11. The Balaban J connectivity index is 2.40. The lowest BCUT2D eigenvalue weighted by atomic mass is 10.1. The highest BCUT2D eigenvalue weighted by Gasteiger charge is 2.30. The van der Waals surface area contributed by atoms with Gasteiger partial charge in [0.25, 0.3) is 0 Å². The molecule has 3 N–H and O–H groups in total. The zero-order valence-corrected chi connectivity index (χ0v) is 4.98. The first-order chi connectivity index (χ1) is 4.22. The van der Waals surface area contributed by atoms with Gasteiger partial charge in [-0.25, -0.2) is 8.78 Å². The molecule has 0 radical (unpaired) electrons. The minimum absolute atomic E-state index is 0.356. The first kappa shape index (κ1) is 6.89. The van der Waals surface area contributed by atoms with Crippen LogP contribution in [0.3, 0.4) is 0 Å². The largest absolute Gasteiger partial charge is 0.326 e. The summed E-state index contributed by atoms with van der Waals surface area (Å²) in [7, 11) is 0. The van der Waals surface area contributed by atoms with Gasteiger partial charge in [-0.05, 0) is 0 Å². The van der Waals surface area contributed by atoms with E-state index in [-0.39, 0.29) is 6.04 Å². The fourth-order valence-corrected chi connectivity index (χ4v) is 0.995. The number of hydrogen-bond donors (Lipinski definition) is 2. The lowest BCUT2D eigenvalue weighted by molar-refractivity contribution is 0.0798. The van der Waals surface area contributed by atoms with Gasteiger partial charge in [0.2, 0.25) is 6.43 Å². The topological polar surface area (TPSA) is 38.0 Å². The van der Waals surface area contributed by atoms with Crippen molar-refractivity contribution in [1.82, 2.24) is 5.32 Å². The summed E-state index contributed by atoms with van der Waals surface area (Å²) in [5.74, 6) is -0.634. The zero-order valence-electron chi connectivity index (χ0n) is 4.98. The second-order valence-electron chi connectivity index (χ2n) is 2.32. The highest BCUT2D eigenvalue weighted by atomic mass is 19.3. The summed E-state index contributed by atoms with van der Waals surface area (Å²) >= 11 is 0. The van der Waals surface area contributed by atoms with Gasteiger partial charge in [-0.3, -0.25) is 0 Å². The van der Waals surface area contributed by atoms with Crippen molar-refractivity contribution in [3.05, 3.63) is 0 Å². The second-order valence-corrected chi connectivity index (χ2v) is 2.32. The zero-order chi connectivity index (χ0) is 6.85. The predicted molar refractivity (Wildman–Crippen MR) is 30.3 cm³/mol. The Kier molecular flexibility index (Phi) is 1.97. The van der Waals surface area contributed by atoms with Crippen LogP contribution in [0.25, 0.3) is 0 Å². The van der Waals surface area contributed by atoms with Crippen LogP contribution in [0.2, 0.25) is 0 Å². The molecule has 0 spiro atoms. The Labute approximate surface area is 52.4 Å². The summed E-state index contributed by atoms with van der Waals surface area (Å²) < 4.78 is 23.7. The molecular formula is C5H10F2N2. The van der Waals surface area contributed by atoms with Crippen LogP contribution >= 0.6 is 0 Å². The third-order valence-electron chi connectivity index (χ3n) is 1.63. The molecule has 1 fully saturated rings. The fraction of sp³-hybridized carbons (Fsp3) is 1.00. The number of halogens is 2. The average Bonchev–Trinajstić information content (AvgIpc) is 2.13. The van der Waals surface area contributed by atoms with Crippen LogP contribution in [0, 0.1) is 5.92 Å². The van der Waals surface area contributed by atoms with Gasteiger partial charge < -0.3 is 11.1 Å². The molecule has 9 heavy (non-hydrogen) atoms. The van der Waals surface area contributed by atoms with E-state index >= 15 is 0 Å². The van der Waals surface area contributed by atoms with Crippen LogP contribution < -0.4 is 11.1 Å². The summed E-state index contributed by atoms with van der Waals surface area (Å²) in [4.78, 5) is 0. The van der Waals surface area contributed by atoms with Gasteiger partial charge in [0, 0.05) is 25.0 Å². The molecule has 1 aliphatic heterocycles. The molecule has 4 heteroatoms. The van der Waals surface area contributed by atoms with Gasteiger partial charge in [-0.1, -0.05) is 0 Å². The van der Waals surface area contributed by atoms with Crippen molar-refractivity contribution >= 4 is 0 Å². The first-order valence-corrected chi connectivity index (χ1v) is 2.96. The smallest absolute Gasteiger partial charge is 0.244 e. The van der Waals surface area contributed by atoms with Crippen molar-refractivity contribution in [2.75, 3.05) is 13.1 Å². The average molecular weight is 136 g/mol. The third kappa shape index (κ3) is 1.37. The number of rotatable bonds is 1. The maximum absolute atomic E-state index is 11.9. The van der Waals surface area contributed by atoms with Crippen molar-refractivity contribution in [2.45, 2.75) is 12.5 Å². The van der Waals surface area contributed by atoms with Crippen molar-refractivity contribution in [1.29, 1.82) is 0 Å². The van der Waals surface area contributed by atoms with Crippen molar-refractivity contribution < 1.29 is 8.78 Å². The number of hydrogen-bond acceptors (Lipinski definition) is 2. The quantitative estimate of drug-likeness (QED) is 0.524. The summed E-state index contributed by atoms with van der Waals surface area (Å²) in [6.07, 6.45) is -2.27. The number of alkyl halides is 2. The van der Waals surface area contributed by atoms with E-state index < -0.39 is 12.3 Å². The Hall–Kier alpha value is -0.220. The highest BCUT2D eigenvalue weighted by Crippen LogP contribution is 2.15. The van der Waals surface area contributed by atoms with Crippen LogP contribution in [-0.2, 0) is 0 Å². The molecule has 0 aromatic heterocycles. The van der Waals surface area contributed by atoms with E-state index in [4.69, 9.17) is 5.73 Å². The van der Waals surface area contributed by atoms with E-state index in [0.717, 1.165) is 0 Å². The van der Waals surface area contributed by atoms with Gasteiger partial charge in [-0.15, -0.1) is 0 Å². The van der Waals surface area contributed by atoms with E-state index in [2.05, 4.69) is 5.32 Å². The highest BCUT2D eigenvalue weighted by molar-refractivity contribution is 4.84. The number of nitrogens with one attached hydrogen (secondary N) is 1. The Bertz CT molecular complexity index is 97.0. The Morgan fingerprint density at radius 2 is 2.11 bits per heavy atom. The molecule has 54 valence electrons. The van der Waals surface area contributed by atoms with E-state index in [1.165, 1.54) is 0 Å². The fourth-order valence-electron chi connectivity index (χ4n) is 0.995. The van der Waals surface area contributed by atoms with Gasteiger partial charge in [0.05, 0.1) is 0 Å². The maximum Gasteiger partial charge on any atom is 0.244 e. The van der Waals surface area contributed by atoms with E-state index in [0.29, 0.717) is 13.1 Å². The minimum Gasteiger partial charge on any atom is -0.326 e. The molecule has 0 saturated carbocycles. The molecule has 0 amide bonds. The molecule has 0 unspecified atom stereocenters. The third-order valence-corrected chi connectivity index (χ3v) is 1.63. The molecule has 0 aromatic carbocycles. The molecular weight excluding hydrogens is 126 g/mol. The van der Waals surface area contributed by atoms with Crippen LogP contribution in [0.4, 0.5) is 8.78 Å². The first-order valence-electron chi connectivity index (χ1n) is 2.96. The SMILES string of the molecule is N[C@H]1CNC[C@@H]1C(F)F. The molecule has 0 aromatic rings. The molecule has 1 heterocycles. The van der Waals surface area contributed by atoms with Gasteiger partial charge >= 0.3 is 0 Å². The Morgan fingerprint density at radius 3 is 2.33 bits per heavy atom. The summed E-state index contributed by atoms with van der Waals surface area (Å²) in [6, 6.07) is -0.356. The molecule has 2 atom stereocenters. The van der Waals surface area contributed by atoms with Crippen LogP contribution in [-0.4, -0.2) is 25.6 Å². The molecule has 1 rings (SSSR count). The van der Waals surface area contributed by atoms with Gasteiger partial charge in [-0.2, -0.15) is 0 Å². The van der Waals surface area contributed by atoms with Crippen molar-refractivity contribution in [2.24, 2.45) is 11.7 Å². The van der Waals surface area contributed by atoms with E-state index in [1.54, 1.807) is 0 Å². The minimum atomic E-state index is -2.27. The lowest BCUT2D eigenvalue weighted by Crippen LogP contribution is -2.33. The molecule has 0 bridgehead atoms. The van der Waals surface area contributed by atoms with Crippen molar-refractivity contribution in [3.8, 4) is 0 Å². The van der Waals surface area contributed by atoms with E-state index in [1.807, 2.05) is 0 Å². The summed E-state index contributed by atoms with van der Waals surface area (Å²) in [5, 5.41) is 2.80. The number of nitrogens with two attached hydrogens (primary N) is 1. The second kappa shape index (κ2) is 2.58. The standard InChI is InChI=1S/C5H10F2N2/c6-5(7)3-1-9-2-4(3)8/h3-5,9H,1-2,8H2/t3-,4-/m0/s1.